The number of rotatable bonds is 2. The second-order valence-corrected chi connectivity index (χ2v) is 3.63. The van der Waals surface area contributed by atoms with Crippen LogP contribution in [0.2, 0.25) is 0 Å². The summed E-state index contributed by atoms with van der Waals surface area (Å²) in [6, 6.07) is 3.58. The number of hydrogen-bond acceptors (Lipinski definition) is 3. The Kier molecular flexibility index (Phi) is 2.08. The molecule has 1 aromatic heterocycles. The smallest absolute Gasteiger partial charge is 0.196 e. The van der Waals surface area contributed by atoms with E-state index < -0.39 is 0 Å². The molecule has 2 rings (SSSR count). The fourth-order valence-electron chi connectivity index (χ4n) is 1.71. The summed E-state index contributed by atoms with van der Waals surface area (Å²) in [6.07, 6.45) is 1.94. The number of furan rings is 1. The first-order valence-electron chi connectivity index (χ1n) is 4.59. The number of hydrogen-bond donors (Lipinski definition) is 0. The molecule has 1 fully saturated rings. The van der Waals surface area contributed by atoms with Crippen molar-refractivity contribution in [1.29, 1.82) is 0 Å². The van der Waals surface area contributed by atoms with Crippen LogP contribution in [0.3, 0.4) is 0 Å². The van der Waals surface area contributed by atoms with Crippen LogP contribution in [0.25, 0.3) is 0 Å². The summed E-state index contributed by atoms with van der Waals surface area (Å²) >= 11 is 0. The third-order valence-corrected chi connectivity index (χ3v) is 2.46. The predicted octanol–water partition coefficient (Wildman–Crippen LogP) is 1.94. The SMILES string of the molecule is CC1CCN(c2ccc(C=O)o2)C1. The second kappa shape index (κ2) is 3.24. The average molecular weight is 179 g/mol. The van der Waals surface area contributed by atoms with Gasteiger partial charge in [0.1, 0.15) is 0 Å². The number of carbonyl (C=O) groups excluding carboxylic acids is 1. The average Bonchev–Trinajstić information content (AvgIpc) is 2.71. The minimum Gasteiger partial charge on any atom is -0.438 e. The van der Waals surface area contributed by atoms with Crippen LogP contribution in [0.1, 0.15) is 23.9 Å². The molecule has 1 unspecified atom stereocenters. The van der Waals surface area contributed by atoms with Crippen molar-refractivity contribution in [1.82, 2.24) is 0 Å². The fourth-order valence-corrected chi connectivity index (χ4v) is 1.71. The Morgan fingerprint density at radius 1 is 1.62 bits per heavy atom. The molecule has 0 aromatic carbocycles. The first kappa shape index (κ1) is 8.35. The van der Waals surface area contributed by atoms with Gasteiger partial charge in [0.05, 0.1) is 0 Å². The maximum atomic E-state index is 10.4. The zero-order valence-corrected chi connectivity index (χ0v) is 7.69. The third-order valence-electron chi connectivity index (χ3n) is 2.46. The number of anilines is 1. The van der Waals surface area contributed by atoms with Gasteiger partial charge in [-0.05, 0) is 18.4 Å². The first-order chi connectivity index (χ1) is 6.29. The van der Waals surface area contributed by atoms with E-state index in [9.17, 15) is 4.79 Å². The minimum atomic E-state index is 0.412. The van der Waals surface area contributed by atoms with E-state index in [0.29, 0.717) is 5.76 Å². The number of carbonyl (C=O) groups is 1. The van der Waals surface area contributed by atoms with Gasteiger partial charge in [-0.3, -0.25) is 4.79 Å². The Labute approximate surface area is 77.3 Å². The van der Waals surface area contributed by atoms with Crippen molar-refractivity contribution < 1.29 is 9.21 Å². The van der Waals surface area contributed by atoms with E-state index in [4.69, 9.17) is 4.42 Å². The van der Waals surface area contributed by atoms with E-state index in [1.54, 1.807) is 6.07 Å². The molecule has 0 spiro atoms. The van der Waals surface area contributed by atoms with E-state index in [0.717, 1.165) is 31.2 Å². The Bertz CT molecular complexity index is 306. The summed E-state index contributed by atoms with van der Waals surface area (Å²) in [5, 5.41) is 0. The molecule has 1 aliphatic heterocycles. The summed E-state index contributed by atoms with van der Waals surface area (Å²) in [6.45, 7) is 4.29. The Hall–Kier alpha value is -1.25. The zero-order valence-electron chi connectivity index (χ0n) is 7.69. The molecule has 0 N–H and O–H groups in total. The van der Waals surface area contributed by atoms with Gasteiger partial charge in [0, 0.05) is 19.2 Å². The van der Waals surface area contributed by atoms with Crippen LogP contribution in [0.5, 0.6) is 0 Å². The molecule has 1 atom stereocenters. The van der Waals surface area contributed by atoms with Crippen LogP contribution >= 0.6 is 0 Å². The van der Waals surface area contributed by atoms with Gasteiger partial charge in [-0.25, -0.2) is 0 Å². The molecule has 0 saturated carbocycles. The van der Waals surface area contributed by atoms with Crippen molar-refractivity contribution in [2.75, 3.05) is 18.0 Å². The lowest BCUT2D eigenvalue weighted by Crippen LogP contribution is -2.18. The highest BCUT2D eigenvalue weighted by atomic mass is 16.4. The van der Waals surface area contributed by atoms with Crippen molar-refractivity contribution in [2.24, 2.45) is 5.92 Å². The maximum Gasteiger partial charge on any atom is 0.196 e. The van der Waals surface area contributed by atoms with Crippen molar-refractivity contribution in [3.05, 3.63) is 17.9 Å². The van der Waals surface area contributed by atoms with Crippen molar-refractivity contribution in [3.8, 4) is 0 Å². The summed E-state index contributed by atoms with van der Waals surface area (Å²) < 4.78 is 5.32. The van der Waals surface area contributed by atoms with E-state index >= 15 is 0 Å². The molecule has 0 aliphatic carbocycles. The van der Waals surface area contributed by atoms with E-state index in [1.807, 2.05) is 6.07 Å². The Morgan fingerprint density at radius 2 is 2.46 bits per heavy atom. The molecular formula is C10H13NO2. The lowest BCUT2D eigenvalue weighted by molar-refractivity contribution is 0.110. The monoisotopic (exact) mass is 179 g/mol. The van der Waals surface area contributed by atoms with Gasteiger partial charge in [0.2, 0.25) is 0 Å². The van der Waals surface area contributed by atoms with Gasteiger partial charge in [-0.15, -0.1) is 0 Å². The van der Waals surface area contributed by atoms with Crippen LogP contribution < -0.4 is 4.90 Å². The van der Waals surface area contributed by atoms with Crippen LogP contribution in [-0.4, -0.2) is 19.4 Å². The van der Waals surface area contributed by atoms with Gasteiger partial charge >= 0.3 is 0 Å². The number of nitrogens with zero attached hydrogens (tertiary/aromatic N) is 1. The van der Waals surface area contributed by atoms with Crippen LogP contribution in [0.4, 0.5) is 5.88 Å². The standard InChI is InChI=1S/C10H13NO2/c1-8-4-5-11(6-8)10-3-2-9(7-12)13-10/h2-3,7-8H,4-6H2,1H3. The molecular weight excluding hydrogens is 166 g/mol. The lowest BCUT2D eigenvalue weighted by Gasteiger charge is -2.13. The molecule has 0 amide bonds. The fraction of sp³-hybridized carbons (Fsp3) is 0.500. The third kappa shape index (κ3) is 1.59. The highest BCUT2D eigenvalue weighted by Gasteiger charge is 2.20. The lowest BCUT2D eigenvalue weighted by atomic mass is 10.2. The molecule has 0 radical (unpaired) electrons. The zero-order chi connectivity index (χ0) is 9.26. The van der Waals surface area contributed by atoms with Crippen molar-refractivity contribution in [2.45, 2.75) is 13.3 Å². The summed E-state index contributed by atoms with van der Waals surface area (Å²) in [5.74, 6) is 1.96. The minimum absolute atomic E-state index is 0.412. The highest BCUT2D eigenvalue weighted by molar-refractivity contribution is 5.71. The van der Waals surface area contributed by atoms with Crippen LogP contribution in [0.15, 0.2) is 16.5 Å². The molecule has 2 heterocycles. The van der Waals surface area contributed by atoms with Crippen molar-refractivity contribution >= 4 is 12.2 Å². The van der Waals surface area contributed by atoms with Crippen molar-refractivity contribution in [3.63, 3.8) is 0 Å². The Morgan fingerprint density at radius 3 is 3.00 bits per heavy atom. The van der Waals surface area contributed by atoms with E-state index in [-0.39, 0.29) is 0 Å². The van der Waals surface area contributed by atoms with Crippen LogP contribution in [-0.2, 0) is 0 Å². The molecule has 1 aliphatic rings. The van der Waals surface area contributed by atoms with E-state index in [1.165, 1.54) is 6.42 Å². The molecule has 3 heteroatoms. The summed E-state index contributed by atoms with van der Waals surface area (Å²) in [5.41, 5.74) is 0. The van der Waals surface area contributed by atoms with Gasteiger partial charge in [-0.2, -0.15) is 0 Å². The quantitative estimate of drug-likeness (QED) is 0.650. The largest absolute Gasteiger partial charge is 0.438 e. The van der Waals surface area contributed by atoms with Gasteiger partial charge in [-0.1, -0.05) is 6.92 Å². The topological polar surface area (TPSA) is 33.5 Å². The van der Waals surface area contributed by atoms with Gasteiger partial charge in [0.15, 0.2) is 17.9 Å². The summed E-state index contributed by atoms with van der Waals surface area (Å²) in [4.78, 5) is 12.6. The van der Waals surface area contributed by atoms with Crippen LogP contribution in [0, 0.1) is 5.92 Å². The molecule has 1 saturated heterocycles. The maximum absolute atomic E-state index is 10.4. The molecule has 1 aromatic rings. The summed E-state index contributed by atoms with van der Waals surface area (Å²) in [7, 11) is 0. The molecule has 13 heavy (non-hydrogen) atoms. The first-order valence-corrected chi connectivity index (χ1v) is 4.59. The predicted molar refractivity (Wildman–Crippen MR) is 50.1 cm³/mol. The molecule has 70 valence electrons. The number of aldehydes is 1. The second-order valence-electron chi connectivity index (χ2n) is 3.63. The normalized spacial score (nSPS) is 22.2. The Balaban J connectivity index is 2.12. The molecule has 3 nitrogen and oxygen atoms in total. The molecule has 0 bridgehead atoms. The highest BCUT2D eigenvalue weighted by Crippen LogP contribution is 2.24. The van der Waals surface area contributed by atoms with Gasteiger partial charge in [0.25, 0.3) is 0 Å². The van der Waals surface area contributed by atoms with Gasteiger partial charge < -0.3 is 9.32 Å². The van der Waals surface area contributed by atoms with E-state index in [2.05, 4.69) is 11.8 Å².